The van der Waals surface area contributed by atoms with Crippen LogP contribution in [0.3, 0.4) is 0 Å². The van der Waals surface area contributed by atoms with Crippen LogP contribution in [0.2, 0.25) is 0 Å². The summed E-state index contributed by atoms with van der Waals surface area (Å²) in [5.74, 6) is 0.995. The minimum atomic E-state index is -0.819. The quantitative estimate of drug-likeness (QED) is 0.691. The summed E-state index contributed by atoms with van der Waals surface area (Å²) in [6.45, 7) is 1.67. The zero-order valence-corrected chi connectivity index (χ0v) is 11.8. The van der Waals surface area contributed by atoms with Gasteiger partial charge in [0.2, 0.25) is 0 Å². The number of nitrogens with zero attached hydrogens (tertiary/aromatic N) is 1. The van der Waals surface area contributed by atoms with Crippen molar-refractivity contribution >= 4 is 5.78 Å². The molecule has 2 heterocycles. The molecule has 0 radical (unpaired) electrons. The normalized spacial score (nSPS) is 63.4. The van der Waals surface area contributed by atoms with Crippen molar-refractivity contribution in [2.24, 2.45) is 22.7 Å². The topological polar surface area (TPSA) is 60.8 Å². The Morgan fingerprint density at radius 3 is 2.95 bits per heavy atom. The van der Waals surface area contributed by atoms with E-state index in [1.54, 1.807) is 0 Å². The van der Waals surface area contributed by atoms with Gasteiger partial charge in [0.05, 0.1) is 11.5 Å². The van der Waals surface area contributed by atoms with Crippen molar-refractivity contribution in [1.29, 1.82) is 0 Å². The van der Waals surface area contributed by atoms with Crippen LogP contribution in [0.25, 0.3) is 0 Å². The highest BCUT2D eigenvalue weighted by Crippen LogP contribution is 2.77. The highest BCUT2D eigenvalue weighted by atomic mass is 16.3. The SMILES string of the molecule is O=C1C[C@@H]2C[C@H]3C[C@]14[C@@H](O)CCN1CCCC24[C@]1(O)C3. The van der Waals surface area contributed by atoms with Gasteiger partial charge in [-0.15, -0.1) is 0 Å². The van der Waals surface area contributed by atoms with E-state index < -0.39 is 17.2 Å². The monoisotopic (exact) mass is 277 g/mol. The van der Waals surface area contributed by atoms with E-state index in [0.29, 0.717) is 24.7 Å². The van der Waals surface area contributed by atoms with E-state index in [1.165, 1.54) is 0 Å². The number of carbonyl (C=O) groups excluding carboxylic acids is 1. The summed E-state index contributed by atoms with van der Waals surface area (Å²) in [7, 11) is 0. The van der Waals surface area contributed by atoms with Gasteiger partial charge in [-0.3, -0.25) is 9.69 Å². The van der Waals surface area contributed by atoms with E-state index in [9.17, 15) is 15.0 Å². The second-order valence-electron chi connectivity index (χ2n) is 7.99. The molecule has 4 heteroatoms. The van der Waals surface area contributed by atoms with Crippen LogP contribution < -0.4 is 0 Å². The Balaban J connectivity index is 1.84. The van der Waals surface area contributed by atoms with Crippen molar-refractivity contribution in [3.63, 3.8) is 0 Å². The zero-order chi connectivity index (χ0) is 13.8. The summed E-state index contributed by atoms with van der Waals surface area (Å²) >= 11 is 0. The molecule has 110 valence electrons. The van der Waals surface area contributed by atoms with Gasteiger partial charge in [0.1, 0.15) is 11.5 Å². The molecule has 2 saturated heterocycles. The third-order valence-corrected chi connectivity index (χ3v) is 7.70. The summed E-state index contributed by atoms with van der Waals surface area (Å²) in [5, 5.41) is 22.5. The van der Waals surface area contributed by atoms with E-state index in [1.807, 2.05) is 0 Å². The van der Waals surface area contributed by atoms with Crippen molar-refractivity contribution in [1.82, 2.24) is 4.90 Å². The summed E-state index contributed by atoms with van der Waals surface area (Å²) in [4.78, 5) is 15.1. The molecule has 1 spiro atoms. The Bertz CT molecular complexity index is 508. The zero-order valence-electron chi connectivity index (χ0n) is 11.8. The number of hydrogen-bond acceptors (Lipinski definition) is 4. The number of carbonyl (C=O) groups is 1. The highest BCUT2D eigenvalue weighted by molar-refractivity contribution is 5.90. The first-order valence-corrected chi connectivity index (χ1v) is 8.23. The average molecular weight is 277 g/mol. The number of rotatable bonds is 0. The fourth-order valence-corrected chi connectivity index (χ4v) is 7.35. The Morgan fingerprint density at radius 2 is 2.10 bits per heavy atom. The summed E-state index contributed by atoms with van der Waals surface area (Å²) in [6.07, 6.45) is 5.45. The molecule has 4 aliphatic carbocycles. The van der Waals surface area contributed by atoms with Gasteiger partial charge >= 0.3 is 0 Å². The van der Waals surface area contributed by atoms with Crippen LogP contribution in [0.5, 0.6) is 0 Å². The molecule has 0 aromatic heterocycles. The predicted octanol–water partition coefficient (Wildman–Crippen LogP) is 0.911. The Labute approximate surface area is 119 Å². The largest absolute Gasteiger partial charge is 0.392 e. The number of piperidine rings is 1. The molecule has 0 aromatic carbocycles. The van der Waals surface area contributed by atoms with Crippen LogP contribution in [0.4, 0.5) is 0 Å². The van der Waals surface area contributed by atoms with Gasteiger partial charge in [-0.2, -0.15) is 0 Å². The molecule has 2 aliphatic heterocycles. The Hall–Kier alpha value is -0.450. The highest BCUT2D eigenvalue weighted by Gasteiger charge is 2.81. The first-order valence-electron chi connectivity index (χ1n) is 8.23. The van der Waals surface area contributed by atoms with Crippen molar-refractivity contribution < 1.29 is 15.0 Å². The molecule has 2 N–H and O–H groups in total. The lowest BCUT2D eigenvalue weighted by molar-refractivity contribution is -0.316. The number of ketones is 1. The molecule has 20 heavy (non-hydrogen) atoms. The van der Waals surface area contributed by atoms with Crippen molar-refractivity contribution in [2.45, 2.75) is 56.8 Å². The maximum atomic E-state index is 12.9. The second-order valence-corrected chi connectivity index (χ2v) is 7.99. The number of Topliss-reactive ketones (excluding diaryl/α,β-unsaturated/α-hetero) is 1. The van der Waals surface area contributed by atoms with Crippen LogP contribution in [0.1, 0.15) is 44.9 Å². The molecule has 6 rings (SSSR count). The molecule has 6 bridgehead atoms. The van der Waals surface area contributed by atoms with Crippen molar-refractivity contribution in [3.8, 4) is 0 Å². The fourth-order valence-electron chi connectivity index (χ4n) is 7.35. The standard InChI is InChI=1S/C16H23NO3/c18-12-2-5-17-4-1-3-15-11-6-10(9-16(15,17)20)8-14(12,15)13(19)7-11/h10-12,18,20H,1-9H2/t10-,11-,12-,14-,15?,16+/m0/s1. The van der Waals surface area contributed by atoms with E-state index in [2.05, 4.69) is 4.90 Å². The molecular weight excluding hydrogens is 254 g/mol. The first kappa shape index (κ1) is 12.1. The lowest BCUT2D eigenvalue weighted by Gasteiger charge is -2.69. The van der Waals surface area contributed by atoms with E-state index >= 15 is 0 Å². The number of aliphatic hydroxyl groups excluding tert-OH is 1. The third kappa shape index (κ3) is 0.939. The Kier molecular flexibility index (Phi) is 2.01. The fraction of sp³-hybridized carbons (Fsp3) is 0.938. The van der Waals surface area contributed by atoms with Gasteiger partial charge in [0.25, 0.3) is 0 Å². The minimum absolute atomic E-state index is 0.263. The maximum absolute atomic E-state index is 12.9. The number of hydrogen-bond donors (Lipinski definition) is 2. The van der Waals surface area contributed by atoms with Crippen molar-refractivity contribution in [2.75, 3.05) is 13.1 Å². The molecule has 6 fully saturated rings. The molecule has 7 atom stereocenters. The molecule has 6 aliphatic rings. The lowest BCUT2D eigenvalue weighted by atomic mass is 9.40. The van der Waals surface area contributed by atoms with Crippen molar-refractivity contribution in [3.05, 3.63) is 0 Å². The Morgan fingerprint density at radius 1 is 1.25 bits per heavy atom. The molecule has 0 aromatic rings. The van der Waals surface area contributed by atoms with Crippen LogP contribution in [-0.2, 0) is 4.79 Å². The molecule has 4 saturated carbocycles. The van der Waals surface area contributed by atoms with Gasteiger partial charge < -0.3 is 10.2 Å². The van der Waals surface area contributed by atoms with E-state index in [0.717, 1.165) is 45.2 Å². The third-order valence-electron chi connectivity index (χ3n) is 7.70. The first-order chi connectivity index (χ1) is 9.54. The summed E-state index contributed by atoms with van der Waals surface area (Å²) < 4.78 is 0. The van der Waals surface area contributed by atoms with Crippen LogP contribution in [0.15, 0.2) is 0 Å². The van der Waals surface area contributed by atoms with Crippen LogP contribution in [0, 0.1) is 22.7 Å². The average Bonchev–Trinajstić information content (AvgIpc) is 2.57. The van der Waals surface area contributed by atoms with Gasteiger partial charge in [0.15, 0.2) is 0 Å². The molecule has 0 amide bonds. The smallest absolute Gasteiger partial charge is 0.142 e. The summed E-state index contributed by atoms with van der Waals surface area (Å²) in [5.41, 5.74) is -1.79. The molecule has 4 nitrogen and oxygen atoms in total. The minimum Gasteiger partial charge on any atom is -0.392 e. The van der Waals surface area contributed by atoms with Crippen LogP contribution in [-0.4, -0.2) is 45.8 Å². The predicted molar refractivity (Wildman–Crippen MR) is 71.7 cm³/mol. The van der Waals surface area contributed by atoms with E-state index in [4.69, 9.17) is 0 Å². The van der Waals surface area contributed by atoms with Gasteiger partial charge in [-0.25, -0.2) is 0 Å². The maximum Gasteiger partial charge on any atom is 0.142 e. The van der Waals surface area contributed by atoms with Crippen LogP contribution >= 0.6 is 0 Å². The van der Waals surface area contributed by atoms with E-state index in [-0.39, 0.29) is 11.2 Å². The van der Waals surface area contributed by atoms with Gasteiger partial charge in [-0.05, 0) is 50.4 Å². The van der Waals surface area contributed by atoms with Gasteiger partial charge in [-0.1, -0.05) is 0 Å². The molecular formula is C16H23NO3. The second kappa shape index (κ2) is 3.31. The molecule has 2 unspecified atom stereocenters. The van der Waals surface area contributed by atoms with Gasteiger partial charge in [0, 0.05) is 24.9 Å². The number of aliphatic hydroxyl groups is 2. The summed E-state index contributed by atoms with van der Waals surface area (Å²) in [6, 6.07) is 0. The lowest BCUT2D eigenvalue weighted by Crippen LogP contribution is -2.75.